The van der Waals surface area contributed by atoms with Gasteiger partial charge in [0.15, 0.2) is 0 Å². The topological polar surface area (TPSA) is 21.3 Å². The van der Waals surface area contributed by atoms with Crippen molar-refractivity contribution >= 4 is 15.9 Å². The quantitative estimate of drug-likeness (QED) is 0.842. The summed E-state index contributed by atoms with van der Waals surface area (Å²) in [5, 5.41) is 3.44. The Morgan fingerprint density at radius 2 is 2.12 bits per heavy atom. The van der Waals surface area contributed by atoms with Crippen molar-refractivity contribution < 1.29 is 4.74 Å². The predicted octanol–water partition coefficient (Wildman–Crippen LogP) is 3.36. The third kappa shape index (κ3) is 4.78. The second kappa shape index (κ2) is 7.14. The summed E-state index contributed by atoms with van der Waals surface area (Å²) in [6, 6.07) is 8.33. The zero-order valence-electron chi connectivity index (χ0n) is 10.1. The Balaban J connectivity index is 1.60. The summed E-state index contributed by atoms with van der Waals surface area (Å²) >= 11 is 3.43. The molecule has 1 aliphatic rings. The molecule has 0 bridgehead atoms. The van der Waals surface area contributed by atoms with Gasteiger partial charge in [0.2, 0.25) is 0 Å². The molecule has 0 radical (unpaired) electrons. The molecule has 17 heavy (non-hydrogen) atoms. The van der Waals surface area contributed by atoms with Crippen LogP contribution in [-0.4, -0.2) is 19.7 Å². The first-order chi connectivity index (χ1) is 8.34. The summed E-state index contributed by atoms with van der Waals surface area (Å²) in [5.74, 6) is 0.814. The highest BCUT2D eigenvalue weighted by molar-refractivity contribution is 9.10. The maximum atomic E-state index is 5.72. The molecule has 0 spiro atoms. The van der Waals surface area contributed by atoms with Gasteiger partial charge in [0.05, 0.1) is 6.61 Å². The van der Waals surface area contributed by atoms with E-state index >= 15 is 0 Å². The van der Waals surface area contributed by atoms with Crippen molar-refractivity contribution in [1.82, 2.24) is 5.32 Å². The molecule has 0 aliphatic carbocycles. The molecule has 1 aliphatic heterocycles. The van der Waals surface area contributed by atoms with Crippen LogP contribution in [-0.2, 0) is 11.3 Å². The van der Waals surface area contributed by atoms with Gasteiger partial charge < -0.3 is 10.1 Å². The molecule has 1 aromatic rings. The van der Waals surface area contributed by atoms with Gasteiger partial charge in [0.1, 0.15) is 0 Å². The maximum Gasteiger partial charge on any atom is 0.0716 e. The minimum atomic E-state index is 0.730. The maximum absolute atomic E-state index is 5.72. The van der Waals surface area contributed by atoms with E-state index in [1.54, 1.807) is 0 Å². The third-order valence-corrected chi connectivity index (χ3v) is 3.78. The largest absolute Gasteiger partial charge is 0.377 e. The molecule has 0 amide bonds. The highest BCUT2D eigenvalue weighted by atomic mass is 79.9. The molecule has 1 N–H and O–H groups in total. The summed E-state index contributed by atoms with van der Waals surface area (Å²) in [7, 11) is 0. The van der Waals surface area contributed by atoms with Crippen LogP contribution in [0.2, 0.25) is 0 Å². The highest BCUT2D eigenvalue weighted by Crippen LogP contribution is 2.15. The number of benzene rings is 1. The van der Waals surface area contributed by atoms with Gasteiger partial charge in [-0.05, 0) is 56.0 Å². The van der Waals surface area contributed by atoms with E-state index in [1.807, 2.05) is 0 Å². The first-order valence-electron chi connectivity index (χ1n) is 6.37. The van der Waals surface area contributed by atoms with Crippen LogP contribution in [0.4, 0.5) is 0 Å². The van der Waals surface area contributed by atoms with Gasteiger partial charge in [-0.2, -0.15) is 0 Å². The predicted molar refractivity (Wildman–Crippen MR) is 74.0 cm³/mol. The first kappa shape index (κ1) is 13.1. The van der Waals surface area contributed by atoms with Crippen molar-refractivity contribution in [2.75, 3.05) is 19.7 Å². The van der Waals surface area contributed by atoms with Gasteiger partial charge in [-0.3, -0.25) is 0 Å². The molecule has 0 saturated carbocycles. The third-order valence-electron chi connectivity index (χ3n) is 3.25. The smallest absolute Gasteiger partial charge is 0.0716 e. The minimum absolute atomic E-state index is 0.730. The lowest BCUT2D eigenvalue weighted by molar-refractivity contribution is 0.103. The lowest BCUT2D eigenvalue weighted by Gasteiger charge is -2.22. The Morgan fingerprint density at radius 1 is 1.29 bits per heavy atom. The molecule has 94 valence electrons. The second-order valence-corrected chi connectivity index (χ2v) is 5.60. The molecule has 2 rings (SSSR count). The molecular formula is C14H20BrNO. The van der Waals surface area contributed by atoms with Gasteiger partial charge in [-0.15, -0.1) is 0 Å². The Kier molecular flexibility index (Phi) is 5.49. The molecule has 1 aromatic carbocycles. The average Bonchev–Trinajstić information content (AvgIpc) is 2.38. The lowest BCUT2D eigenvalue weighted by atomic mass is 9.97. The summed E-state index contributed by atoms with van der Waals surface area (Å²) in [6.45, 7) is 3.97. The van der Waals surface area contributed by atoms with Gasteiger partial charge in [0.25, 0.3) is 0 Å². The number of halogens is 1. The van der Waals surface area contributed by atoms with Crippen molar-refractivity contribution in [2.45, 2.75) is 25.9 Å². The van der Waals surface area contributed by atoms with E-state index in [2.05, 4.69) is 45.5 Å². The molecule has 3 heteroatoms. The van der Waals surface area contributed by atoms with Crippen LogP contribution in [0.1, 0.15) is 24.8 Å². The van der Waals surface area contributed by atoms with Crippen LogP contribution in [0.3, 0.4) is 0 Å². The fraction of sp³-hybridized carbons (Fsp3) is 0.571. The van der Waals surface area contributed by atoms with Gasteiger partial charge in [-0.25, -0.2) is 0 Å². The number of rotatable bonds is 5. The number of ether oxygens (including phenoxy) is 1. The molecule has 1 heterocycles. The lowest BCUT2D eigenvalue weighted by Crippen LogP contribution is -2.30. The van der Waals surface area contributed by atoms with E-state index < -0.39 is 0 Å². The molecule has 1 fully saturated rings. The first-order valence-corrected chi connectivity index (χ1v) is 7.17. The van der Waals surface area contributed by atoms with E-state index in [0.29, 0.717) is 0 Å². The SMILES string of the molecule is Brc1ccc(COCC[C@H]2CCCNC2)cc1. The minimum Gasteiger partial charge on any atom is -0.377 e. The van der Waals surface area contributed by atoms with Crippen molar-refractivity contribution in [3.8, 4) is 0 Å². The number of hydrogen-bond donors (Lipinski definition) is 1. The zero-order chi connectivity index (χ0) is 11.9. The summed E-state index contributed by atoms with van der Waals surface area (Å²) in [6.07, 6.45) is 3.86. The number of hydrogen-bond acceptors (Lipinski definition) is 2. The molecule has 1 saturated heterocycles. The fourth-order valence-electron chi connectivity index (χ4n) is 2.19. The Bertz CT molecular complexity index is 319. The molecular weight excluding hydrogens is 278 g/mol. The highest BCUT2D eigenvalue weighted by Gasteiger charge is 2.12. The standard InChI is InChI=1S/C14H20BrNO/c15-14-5-3-13(4-6-14)11-17-9-7-12-2-1-8-16-10-12/h3-6,12,16H,1-2,7-11H2/t12-/m1/s1. The molecule has 0 unspecified atom stereocenters. The van der Waals surface area contributed by atoms with Crippen LogP contribution < -0.4 is 5.32 Å². The van der Waals surface area contributed by atoms with E-state index in [9.17, 15) is 0 Å². The monoisotopic (exact) mass is 297 g/mol. The average molecular weight is 298 g/mol. The molecule has 1 atom stereocenters. The van der Waals surface area contributed by atoms with Crippen LogP contribution in [0, 0.1) is 5.92 Å². The van der Waals surface area contributed by atoms with E-state index in [1.165, 1.54) is 37.9 Å². The van der Waals surface area contributed by atoms with Crippen LogP contribution in [0.5, 0.6) is 0 Å². The van der Waals surface area contributed by atoms with E-state index in [0.717, 1.165) is 23.6 Å². The van der Waals surface area contributed by atoms with Crippen LogP contribution >= 0.6 is 15.9 Å². The summed E-state index contributed by atoms with van der Waals surface area (Å²) in [4.78, 5) is 0. The van der Waals surface area contributed by atoms with Crippen molar-refractivity contribution in [2.24, 2.45) is 5.92 Å². The van der Waals surface area contributed by atoms with Crippen LogP contribution in [0.15, 0.2) is 28.7 Å². The fourth-order valence-corrected chi connectivity index (χ4v) is 2.46. The van der Waals surface area contributed by atoms with Crippen molar-refractivity contribution in [3.63, 3.8) is 0 Å². The normalized spacial score (nSPS) is 20.4. The Morgan fingerprint density at radius 3 is 2.82 bits per heavy atom. The van der Waals surface area contributed by atoms with Gasteiger partial charge >= 0.3 is 0 Å². The van der Waals surface area contributed by atoms with Crippen molar-refractivity contribution in [3.05, 3.63) is 34.3 Å². The number of nitrogens with one attached hydrogen (secondary N) is 1. The molecule has 2 nitrogen and oxygen atoms in total. The summed E-state index contributed by atoms with van der Waals surface area (Å²) in [5.41, 5.74) is 1.25. The van der Waals surface area contributed by atoms with E-state index in [-0.39, 0.29) is 0 Å². The Labute approximate surface area is 112 Å². The van der Waals surface area contributed by atoms with Crippen molar-refractivity contribution in [1.29, 1.82) is 0 Å². The summed E-state index contributed by atoms with van der Waals surface area (Å²) < 4.78 is 6.84. The van der Waals surface area contributed by atoms with E-state index in [4.69, 9.17) is 4.74 Å². The van der Waals surface area contributed by atoms with Gasteiger partial charge in [0, 0.05) is 11.1 Å². The van der Waals surface area contributed by atoms with Gasteiger partial charge in [-0.1, -0.05) is 28.1 Å². The molecule has 0 aromatic heterocycles. The Hall–Kier alpha value is -0.380. The second-order valence-electron chi connectivity index (χ2n) is 4.68. The zero-order valence-corrected chi connectivity index (χ0v) is 11.7. The van der Waals surface area contributed by atoms with Crippen LogP contribution in [0.25, 0.3) is 0 Å². The number of piperidine rings is 1.